The van der Waals surface area contributed by atoms with Gasteiger partial charge in [0.25, 0.3) is 5.56 Å². The van der Waals surface area contributed by atoms with Crippen molar-refractivity contribution in [3.05, 3.63) is 16.7 Å². The van der Waals surface area contributed by atoms with Gasteiger partial charge in [-0.05, 0) is 6.92 Å². The molecule has 168 valence electrons. The number of ketones is 1. The van der Waals surface area contributed by atoms with Crippen LogP contribution in [0, 0.1) is 5.92 Å². The van der Waals surface area contributed by atoms with Gasteiger partial charge < -0.3 is 19.4 Å². The SMILES string of the molecule is CC(=O)CCC(=O)O[C@H]1CC(n2cnc3c(=O)[nH]c(NC(=O)C(C)C)nc32)O[C@@H]1CO. The Morgan fingerprint density at radius 3 is 2.77 bits per heavy atom. The van der Waals surface area contributed by atoms with Gasteiger partial charge in [0.15, 0.2) is 11.2 Å². The summed E-state index contributed by atoms with van der Waals surface area (Å²) >= 11 is 0. The number of carbonyl (C=O) groups excluding carboxylic acids is 3. The summed E-state index contributed by atoms with van der Waals surface area (Å²) < 4.78 is 12.7. The first-order valence-corrected chi connectivity index (χ1v) is 9.92. The number of amides is 1. The number of aromatic amines is 1. The molecule has 2 aromatic heterocycles. The molecule has 1 aliphatic rings. The van der Waals surface area contributed by atoms with Crippen LogP contribution in [0.25, 0.3) is 11.2 Å². The molecule has 0 saturated carbocycles. The number of hydrogen-bond acceptors (Lipinski definition) is 9. The highest BCUT2D eigenvalue weighted by Crippen LogP contribution is 2.32. The molecule has 1 amide bonds. The Morgan fingerprint density at radius 2 is 2.13 bits per heavy atom. The van der Waals surface area contributed by atoms with E-state index in [1.807, 2.05) is 0 Å². The van der Waals surface area contributed by atoms with Crippen molar-refractivity contribution in [1.29, 1.82) is 0 Å². The van der Waals surface area contributed by atoms with E-state index in [9.17, 15) is 24.3 Å². The van der Waals surface area contributed by atoms with E-state index in [0.717, 1.165) is 0 Å². The molecule has 0 bridgehead atoms. The first-order chi connectivity index (χ1) is 14.7. The molecule has 2 aromatic rings. The minimum Gasteiger partial charge on any atom is -0.459 e. The van der Waals surface area contributed by atoms with E-state index in [1.165, 1.54) is 17.8 Å². The van der Waals surface area contributed by atoms with Crippen LogP contribution in [0.5, 0.6) is 0 Å². The van der Waals surface area contributed by atoms with Crippen LogP contribution < -0.4 is 10.9 Å². The Morgan fingerprint density at radius 1 is 1.39 bits per heavy atom. The number of Topliss-reactive ketones (excluding diaryl/α,β-unsaturated/α-hetero) is 1. The van der Waals surface area contributed by atoms with Gasteiger partial charge in [0.2, 0.25) is 11.9 Å². The maximum atomic E-state index is 12.3. The number of fused-ring (bicyclic) bond motifs is 1. The van der Waals surface area contributed by atoms with Crippen LogP contribution in [0.3, 0.4) is 0 Å². The summed E-state index contributed by atoms with van der Waals surface area (Å²) in [6, 6.07) is 0. The maximum Gasteiger partial charge on any atom is 0.306 e. The molecule has 1 unspecified atom stereocenters. The zero-order valence-corrected chi connectivity index (χ0v) is 17.5. The number of imidazole rings is 1. The molecular weight excluding hydrogens is 410 g/mol. The lowest BCUT2D eigenvalue weighted by molar-refractivity contribution is -0.153. The fourth-order valence-electron chi connectivity index (χ4n) is 3.12. The van der Waals surface area contributed by atoms with Gasteiger partial charge in [-0.15, -0.1) is 0 Å². The van der Waals surface area contributed by atoms with Crippen molar-refractivity contribution in [3.63, 3.8) is 0 Å². The number of aliphatic hydroxyl groups excluding tert-OH is 1. The lowest BCUT2D eigenvalue weighted by Gasteiger charge is -2.16. The molecule has 1 saturated heterocycles. The van der Waals surface area contributed by atoms with E-state index in [2.05, 4.69) is 20.3 Å². The third kappa shape index (κ3) is 5.14. The minimum atomic E-state index is -0.786. The second-order valence-corrected chi connectivity index (χ2v) is 7.66. The number of aromatic nitrogens is 4. The fourth-order valence-corrected chi connectivity index (χ4v) is 3.12. The smallest absolute Gasteiger partial charge is 0.306 e. The quantitative estimate of drug-likeness (QED) is 0.493. The molecule has 3 atom stereocenters. The van der Waals surface area contributed by atoms with Crippen molar-refractivity contribution in [1.82, 2.24) is 19.5 Å². The maximum absolute atomic E-state index is 12.3. The number of anilines is 1. The summed E-state index contributed by atoms with van der Waals surface area (Å²) in [6.45, 7) is 4.40. The van der Waals surface area contributed by atoms with Gasteiger partial charge in [-0.2, -0.15) is 4.98 Å². The Balaban J connectivity index is 1.81. The number of esters is 1. The molecule has 3 heterocycles. The van der Waals surface area contributed by atoms with Crippen molar-refractivity contribution in [3.8, 4) is 0 Å². The lowest BCUT2D eigenvalue weighted by atomic mass is 10.2. The summed E-state index contributed by atoms with van der Waals surface area (Å²) in [5.74, 6) is -1.34. The second kappa shape index (κ2) is 9.35. The third-order valence-electron chi connectivity index (χ3n) is 4.83. The molecule has 0 aliphatic carbocycles. The number of H-pyrrole nitrogens is 1. The van der Waals surface area contributed by atoms with Gasteiger partial charge in [-0.25, -0.2) is 4.98 Å². The minimum absolute atomic E-state index is 0.0261. The van der Waals surface area contributed by atoms with Crippen molar-refractivity contribution in [2.45, 2.75) is 58.5 Å². The normalized spacial score (nSPS) is 20.9. The standard InChI is InChI=1S/C19H25N5O7/c1-9(2)17(28)22-19-21-16-15(18(29)23-19)20-8-24(16)13-6-11(12(7-25)30-13)31-14(27)5-4-10(3)26/h8-9,11-13,25H,4-7H2,1-3H3,(H2,21,22,23,28,29)/t11-,12+,13?/m0/s1. The van der Waals surface area contributed by atoms with E-state index in [0.29, 0.717) is 0 Å². The van der Waals surface area contributed by atoms with Crippen LogP contribution >= 0.6 is 0 Å². The molecule has 1 aliphatic heterocycles. The molecule has 12 nitrogen and oxygen atoms in total. The van der Waals surface area contributed by atoms with Crippen LogP contribution in [0.1, 0.15) is 46.3 Å². The third-order valence-corrected chi connectivity index (χ3v) is 4.83. The Kier molecular flexibility index (Phi) is 6.81. The van der Waals surface area contributed by atoms with Crippen molar-refractivity contribution >= 4 is 34.8 Å². The number of aliphatic hydroxyl groups is 1. The van der Waals surface area contributed by atoms with Gasteiger partial charge >= 0.3 is 5.97 Å². The first kappa shape index (κ1) is 22.6. The Bertz CT molecular complexity index is 1040. The van der Waals surface area contributed by atoms with Crippen molar-refractivity contribution in [2.75, 3.05) is 11.9 Å². The predicted octanol–water partition coefficient (Wildman–Crippen LogP) is 0.275. The summed E-state index contributed by atoms with van der Waals surface area (Å²) in [5.41, 5.74) is -0.312. The van der Waals surface area contributed by atoms with Crippen LogP contribution in [0.15, 0.2) is 11.1 Å². The van der Waals surface area contributed by atoms with Crippen LogP contribution in [-0.4, -0.2) is 61.1 Å². The lowest BCUT2D eigenvalue weighted by Crippen LogP contribution is -2.30. The molecule has 3 N–H and O–H groups in total. The highest BCUT2D eigenvalue weighted by molar-refractivity contribution is 5.91. The number of nitrogens with zero attached hydrogens (tertiary/aromatic N) is 3. The van der Waals surface area contributed by atoms with Gasteiger partial charge in [0, 0.05) is 18.8 Å². The largest absolute Gasteiger partial charge is 0.459 e. The second-order valence-electron chi connectivity index (χ2n) is 7.66. The van der Waals surface area contributed by atoms with Crippen molar-refractivity contribution in [2.24, 2.45) is 5.92 Å². The van der Waals surface area contributed by atoms with Crippen molar-refractivity contribution < 1.29 is 29.0 Å². The molecule has 12 heteroatoms. The fraction of sp³-hybridized carbons (Fsp3) is 0.579. The number of nitrogens with one attached hydrogen (secondary N) is 2. The number of ether oxygens (including phenoxy) is 2. The number of rotatable bonds is 8. The number of hydrogen-bond donors (Lipinski definition) is 3. The van der Waals surface area contributed by atoms with Gasteiger partial charge in [-0.1, -0.05) is 13.8 Å². The van der Waals surface area contributed by atoms with Gasteiger partial charge in [0.1, 0.15) is 24.2 Å². The topological polar surface area (TPSA) is 166 Å². The van der Waals surface area contributed by atoms with E-state index in [4.69, 9.17) is 9.47 Å². The molecule has 0 aromatic carbocycles. The zero-order valence-electron chi connectivity index (χ0n) is 17.5. The molecule has 3 rings (SSSR count). The van der Waals surface area contributed by atoms with Gasteiger partial charge in [0.05, 0.1) is 19.4 Å². The van der Waals surface area contributed by atoms with E-state index < -0.39 is 36.6 Å². The number of carbonyl (C=O) groups is 3. The monoisotopic (exact) mass is 435 g/mol. The molecule has 1 fully saturated rings. The molecule has 31 heavy (non-hydrogen) atoms. The van der Waals surface area contributed by atoms with E-state index >= 15 is 0 Å². The predicted molar refractivity (Wildman–Crippen MR) is 107 cm³/mol. The average molecular weight is 435 g/mol. The summed E-state index contributed by atoms with van der Waals surface area (Å²) in [4.78, 5) is 58.1. The zero-order chi connectivity index (χ0) is 22.7. The van der Waals surface area contributed by atoms with Crippen LogP contribution in [0.2, 0.25) is 0 Å². The van der Waals surface area contributed by atoms with E-state index in [-0.39, 0.29) is 54.0 Å². The molecule has 0 spiro atoms. The van der Waals surface area contributed by atoms with Gasteiger partial charge in [-0.3, -0.25) is 29.3 Å². The molecular formula is C19H25N5O7. The van der Waals surface area contributed by atoms with Crippen LogP contribution in [0.4, 0.5) is 5.95 Å². The van der Waals surface area contributed by atoms with E-state index in [1.54, 1.807) is 13.8 Å². The molecule has 0 radical (unpaired) electrons. The first-order valence-electron chi connectivity index (χ1n) is 9.92. The summed E-state index contributed by atoms with van der Waals surface area (Å²) in [6.07, 6.45) is -0.678. The summed E-state index contributed by atoms with van der Waals surface area (Å²) in [5, 5.41) is 12.2. The highest BCUT2D eigenvalue weighted by Gasteiger charge is 2.39. The summed E-state index contributed by atoms with van der Waals surface area (Å²) in [7, 11) is 0. The Hall–Kier alpha value is -3.12. The average Bonchev–Trinajstić information content (AvgIpc) is 3.30. The Labute approximate surface area is 177 Å². The van der Waals surface area contributed by atoms with Crippen LogP contribution in [-0.2, 0) is 23.9 Å². The highest BCUT2D eigenvalue weighted by atomic mass is 16.6.